The number of fused-ring (bicyclic) bond motifs is 2. The van der Waals surface area contributed by atoms with Crippen molar-refractivity contribution in [2.45, 2.75) is 62.7 Å². The lowest BCUT2D eigenvalue weighted by Crippen LogP contribution is -2.45. The predicted molar refractivity (Wildman–Crippen MR) is 201 cm³/mol. The maximum Gasteiger partial charge on any atom is 0.264 e. The van der Waals surface area contributed by atoms with Crippen LogP contribution in [0.5, 0.6) is 0 Å². The highest BCUT2D eigenvalue weighted by atomic mass is 28.4. The molecule has 0 aliphatic carbocycles. The van der Waals surface area contributed by atoms with E-state index < -0.39 is 31.6 Å². The normalized spacial score (nSPS) is 21.8. The minimum atomic E-state index is -3.43. The second-order valence-electron chi connectivity index (χ2n) is 14.3. The Morgan fingerprint density at radius 3 is 2.40 bits per heavy atom. The first kappa shape index (κ1) is 35.2. The van der Waals surface area contributed by atoms with Crippen LogP contribution < -0.4 is 16.0 Å². The van der Waals surface area contributed by atoms with Crippen LogP contribution in [-0.4, -0.2) is 53.0 Å². The Bertz CT molecular complexity index is 2060. The van der Waals surface area contributed by atoms with Gasteiger partial charge in [0.05, 0.1) is 36.6 Å². The molecule has 3 heterocycles. The van der Waals surface area contributed by atoms with Crippen LogP contribution in [0.3, 0.4) is 0 Å². The van der Waals surface area contributed by atoms with Crippen molar-refractivity contribution in [2.24, 2.45) is 5.92 Å². The van der Waals surface area contributed by atoms with Crippen molar-refractivity contribution in [1.82, 2.24) is 15.0 Å². The zero-order chi connectivity index (χ0) is 36.6. The van der Waals surface area contributed by atoms with Gasteiger partial charge in [-0.1, -0.05) is 72.8 Å². The molecule has 0 radical (unpaired) electrons. The molecule has 1 unspecified atom stereocenters. The topological polar surface area (TPSA) is 136 Å². The largest absolute Gasteiger partial charge is 0.399 e. The minimum Gasteiger partial charge on any atom is -0.399 e. The van der Waals surface area contributed by atoms with Crippen molar-refractivity contribution in [3.05, 3.63) is 137 Å². The maximum absolute atomic E-state index is 16.5. The number of aromatic nitrogens is 3. The summed E-state index contributed by atoms with van der Waals surface area (Å²) in [4.78, 5) is 29.8. The predicted octanol–water partition coefficient (Wildman–Crippen LogP) is 6.65. The average Bonchev–Trinajstić information content (AvgIpc) is 3.79. The van der Waals surface area contributed by atoms with Crippen LogP contribution in [0.2, 0.25) is 18.6 Å². The summed E-state index contributed by atoms with van der Waals surface area (Å²) in [5.74, 6) is -1.41. The van der Waals surface area contributed by atoms with Gasteiger partial charge in [0.1, 0.15) is 0 Å². The van der Waals surface area contributed by atoms with Gasteiger partial charge in [0, 0.05) is 46.7 Å². The van der Waals surface area contributed by atoms with E-state index in [4.69, 9.17) is 10.5 Å². The van der Waals surface area contributed by atoms with Gasteiger partial charge in [-0.05, 0) is 73.1 Å². The Kier molecular flexibility index (Phi) is 9.55. The van der Waals surface area contributed by atoms with E-state index in [2.05, 4.69) is 15.6 Å². The summed E-state index contributed by atoms with van der Waals surface area (Å²) in [6.45, 7) is 5.83. The van der Waals surface area contributed by atoms with Crippen LogP contribution in [0.4, 0.5) is 21.2 Å². The van der Waals surface area contributed by atoms with Gasteiger partial charge >= 0.3 is 0 Å². The molecule has 1 fully saturated rings. The number of benzene rings is 4. The Morgan fingerprint density at radius 2 is 1.73 bits per heavy atom. The summed E-state index contributed by atoms with van der Waals surface area (Å²) in [7, 11) is -3.43. The number of carbonyl (C=O) groups excluding carboxylic acids is 2. The highest BCUT2D eigenvalue weighted by Gasteiger charge is 2.66. The van der Waals surface area contributed by atoms with E-state index in [1.807, 2.05) is 79.9 Å². The van der Waals surface area contributed by atoms with Crippen LogP contribution >= 0.6 is 0 Å². The molecular weight excluding hydrogens is 676 g/mol. The molecule has 0 bridgehead atoms. The van der Waals surface area contributed by atoms with Crippen LogP contribution in [0, 0.1) is 5.92 Å². The third-order valence-corrected chi connectivity index (χ3v) is 13.0. The summed E-state index contributed by atoms with van der Waals surface area (Å²) in [6, 6.07) is 31.4. The number of ether oxygens (including phenoxy) is 1. The van der Waals surface area contributed by atoms with Crippen molar-refractivity contribution in [3.8, 4) is 0 Å². The molecule has 52 heavy (non-hydrogen) atoms. The third-order valence-electron chi connectivity index (χ3n) is 10.5. The molecule has 2 amide bonds. The molecule has 0 saturated carbocycles. The molecule has 268 valence electrons. The number of anilines is 3. The number of halogens is 1. The fourth-order valence-electron chi connectivity index (χ4n) is 8.05. The Hall–Kier alpha value is -5.17. The van der Waals surface area contributed by atoms with E-state index >= 15 is 4.11 Å². The van der Waals surface area contributed by atoms with Crippen molar-refractivity contribution < 1.29 is 23.5 Å². The number of aryl methyl sites for hydroxylation is 1. The van der Waals surface area contributed by atoms with Gasteiger partial charge in [-0.15, -0.1) is 5.10 Å². The smallest absolute Gasteiger partial charge is 0.264 e. The SMILES string of the molecule is C[C@H]1[C@H]([Si](C)(C)F)[C@@H](CCn2cc(C(CO)c3ccccc3)nn2)O[C@]12C(=O)N(Cc1ccccc1)c1ccc(NC(=O)c3ccc(N)cc3)cc12. The van der Waals surface area contributed by atoms with Gasteiger partial charge in [-0.25, -0.2) is 0 Å². The summed E-state index contributed by atoms with van der Waals surface area (Å²) >= 11 is 0. The van der Waals surface area contributed by atoms with Gasteiger partial charge in [0.2, 0.25) is 8.41 Å². The van der Waals surface area contributed by atoms with E-state index in [0.717, 1.165) is 11.1 Å². The number of nitrogens with zero attached hydrogens (tertiary/aromatic N) is 4. The number of hydrogen-bond donors (Lipinski definition) is 3. The second-order valence-corrected chi connectivity index (χ2v) is 18.1. The Morgan fingerprint density at radius 1 is 1.04 bits per heavy atom. The molecule has 12 heteroatoms. The zero-order valence-corrected chi connectivity index (χ0v) is 30.4. The van der Waals surface area contributed by atoms with Gasteiger partial charge in [0.15, 0.2) is 5.60 Å². The van der Waals surface area contributed by atoms with Gasteiger partial charge < -0.3 is 29.9 Å². The monoisotopic (exact) mass is 718 g/mol. The van der Waals surface area contributed by atoms with Gasteiger partial charge in [0.25, 0.3) is 11.8 Å². The van der Waals surface area contributed by atoms with Crippen molar-refractivity contribution in [1.29, 1.82) is 0 Å². The van der Waals surface area contributed by atoms with Gasteiger partial charge in [-0.3, -0.25) is 14.3 Å². The molecule has 2 aliphatic heterocycles. The lowest BCUT2D eigenvalue weighted by Gasteiger charge is -2.31. The molecule has 1 spiro atoms. The molecule has 5 atom stereocenters. The van der Waals surface area contributed by atoms with Crippen molar-refractivity contribution >= 4 is 37.3 Å². The van der Waals surface area contributed by atoms with E-state index in [1.54, 1.807) is 59.1 Å². The van der Waals surface area contributed by atoms with Crippen LogP contribution in [0.15, 0.2) is 109 Å². The molecule has 7 rings (SSSR count). The summed E-state index contributed by atoms with van der Waals surface area (Å²) < 4.78 is 25.2. The summed E-state index contributed by atoms with van der Waals surface area (Å²) in [5, 5.41) is 21.8. The molecule has 1 aromatic heterocycles. The number of nitrogen functional groups attached to an aromatic ring is 1. The lowest BCUT2D eigenvalue weighted by molar-refractivity contribution is -0.146. The number of nitrogens with one attached hydrogen (secondary N) is 1. The van der Waals surface area contributed by atoms with Crippen LogP contribution in [-0.2, 0) is 28.2 Å². The molecule has 4 N–H and O–H groups in total. The number of aliphatic hydroxyl groups excluding tert-OH is 1. The fourth-order valence-corrected chi connectivity index (χ4v) is 10.6. The van der Waals surface area contributed by atoms with E-state index in [9.17, 15) is 14.7 Å². The number of rotatable bonds is 11. The number of amides is 2. The van der Waals surface area contributed by atoms with Crippen molar-refractivity contribution in [2.75, 3.05) is 22.6 Å². The number of hydrogen-bond acceptors (Lipinski definition) is 7. The first-order valence-electron chi connectivity index (χ1n) is 17.6. The molecule has 2 aliphatic rings. The minimum absolute atomic E-state index is 0.123. The van der Waals surface area contributed by atoms with E-state index in [1.165, 1.54) is 0 Å². The molecule has 1 saturated heterocycles. The number of carbonyl (C=O) groups is 2. The Labute approximate surface area is 303 Å². The molecular formula is C40H43FN6O4Si. The first-order valence-corrected chi connectivity index (χ1v) is 20.5. The van der Waals surface area contributed by atoms with E-state index in [0.29, 0.717) is 53.4 Å². The molecule has 10 nitrogen and oxygen atoms in total. The standard InChI is InChI=1S/C40H43FN6O4Si/c1-26-37(52(2,3)41)36(20-21-46-24-34(44-45-46)32(25-48)28-12-8-5-9-13-28)51-40(26)33-22-31(43-38(49)29-14-16-30(42)17-15-29)18-19-35(33)47(39(40)50)23-27-10-6-4-7-11-27/h4-19,22,24,26,32,36-37,48H,20-21,23,25,42H2,1-3H3,(H,43,49)/t26-,32?,36+,37-,40+/m0/s1. The van der Waals surface area contributed by atoms with Crippen LogP contribution in [0.25, 0.3) is 0 Å². The summed E-state index contributed by atoms with van der Waals surface area (Å²) in [5.41, 5.74) is 9.10. The van der Waals surface area contributed by atoms with E-state index in [-0.39, 0.29) is 24.3 Å². The quantitative estimate of drug-likeness (QED) is 0.0791. The summed E-state index contributed by atoms with van der Waals surface area (Å²) in [6.07, 6.45) is 1.60. The fraction of sp³-hybridized carbons (Fsp3) is 0.300. The first-order chi connectivity index (χ1) is 25.0. The molecule has 5 aromatic rings. The maximum atomic E-state index is 16.5. The average molecular weight is 719 g/mol. The highest BCUT2D eigenvalue weighted by Crippen LogP contribution is 2.60. The van der Waals surface area contributed by atoms with Crippen molar-refractivity contribution in [3.63, 3.8) is 0 Å². The number of aliphatic hydroxyl groups is 1. The highest BCUT2D eigenvalue weighted by molar-refractivity contribution is 6.72. The molecule has 4 aromatic carbocycles. The Balaban J connectivity index is 1.21. The van der Waals surface area contributed by atoms with Crippen LogP contribution in [0.1, 0.15) is 52.0 Å². The number of nitrogens with two attached hydrogens (primary N) is 1. The third kappa shape index (κ3) is 6.53. The van der Waals surface area contributed by atoms with Gasteiger partial charge in [-0.2, -0.15) is 0 Å². The second kappa shape index (κ2) is 14.1. The lowest BCUT2D eigenvalue weighted by atomic mass is 9.82. The zero-order valence-electron chi connectivity index (χ0n) is 29.4.